The van der Waals surface area contributed by atoms with Gasteiger partial charge in [-0.05, 0) is 11.6 Å². The Hall–Kier alpha value is -1.33. The third-order valence-corrected chi connectivity index (χ3v) is 2.29. The summed E-state index contributed by atoms with van der Waals surface area (Å²) in [5.41, 5.74) is 7.91. The highest BCUT2D eigenvalue weighted by molar-refractivity contribution is 6.30. The van der Waals surface area contributed by atoms with Crippen molar-refractivity contribution < 1.29 is 14.6 Å². The molecule has 0 aliphatic carbocycles. The van der Waals surface area contributed by atoms with Gasteiger partial charge >= 0.3 is 0 Å². The summed E-state index contributed by atoms with van der Waals surface area (Å²) in [5, 5.41) is 21.9. The zero-order valence-electron chi connectivity index (χ0n) is 8.09. The molecule has 0 amide bonds. The van der Waals surface area contributed by atoms with Gasteiger partial charge in [0.1, 0.15) is 11.9 Å². The topological polar surface area (TPSA) is 89.2 Å². The zero-order chi connectivity index (χ0) is 12.1. The van der Waals surface area contributed by atoms with Crippen LogP contribution in [0.4, 0.5) is 4.39 Å². The Balaban J connectivity index is 2.91. The average molecular weight is 246 g/mol. The molecule has 0 aliphatic rings. The van der Waals surface area contributed by atoms with Crippen molar-refractivity contribution in [1.82, 2.24) is 0 Å². The lowest BCUT2D eigenvalue weighted by Gasteiger charge is -2.17. The van der Waals surface area contributed by atoms with E-state index in [2.05, 4.69) is 10.0 Å². The minimum atomic E-state index is -1.48. The summed E-state index contributed by atoms with van der Waals surface area (Å²) in [5.74, 6) is -0.795. The molecule has 1 rings (SSSR count). The molecule has 1 aromatic rings. The Morgan fingerprint density at radius 2 is 2.19 bits per heavy atom. The third kappa shape index (κ3) is 2.84. The van der Waals surface area contributed by atoms with Crippen LogP contribution >= 0.6 is 11.6 Å². The van der Waals surface area contributed by atoms with Crippen LogP contribution in [0.5, 0.6) is 0 Å². The maximum Gasteiger partial charge on any atom is 0.147 e. The molecule has 0 aromatic heterocycles. The van der Waals surface area contributed by atoms with E-state index in [1.165, 1.54) is 18.2 Å². The minimum Gasteiger partial charge on any atom is -0.390 e. The van der Waals surface area contributed by atoms with Gasteiger partial charge in [0.2, 0.25) is 0 Å². The Morgan fingerprint density at radius 3 is 2.81 bits per heavy atom. The van der Waals surface area contributed by atoms with Gasteiger partial charge in [0.05, 0.1) is 17.7 Å². The largest absolute Gasteiger partial charge is 0.390 e. The van der Waals surface area contributed by atoms with Gasteiger partial charge in [-0.2, -0.15) is 0 Å². The Labute approximate surface area is 95.7 Å². The number of rotatable bonds is 4. The van der Waals surface area contributed by atoms with Crippen molar-refractivity contribution in [2.45, 2.75) is 12.2 Å². The van der Waals surface area contributed by atoms with Crippen LogP contribution in [0.2, 0.25) is 5.02 Å². The molecule has 5 nitrogen and oxygen atoms in total. The lowest BCUT2D eigenvalue weighted by molar-refractivity contribution is 0.0223. The number of nitrogens with zero attached hydrogens (tertiary/aromatic N) is 3. The maximum atomic E-state index is 13.4. The predicted octanol–water partition coefficient (Wildman–Crippen LogP) is 2.18. The van der Waals surface area contributed by atoms with Crippen LogP contribution in [-0.4, -0.2) is 22.9 Å². The molecule has 2 N–H and O–H groups in total. The first-order valence-corrected chi connectivity index (χ1v) is 4.76. The Morgan fingerprint density at radius 1 is 1.50 bits per heavy atom. The van der Waals surface area contributed by atoms with Crippen LogP contribution < -0.4 is 0 Å². The highest BCUT2D eigenvalue weighted by Crippen LogP contribution is 2.25. The van der Waals surface area contributed by atoms with E-state index in [1.54, 1.807) is 0 Å². The van der Waals surface area contributed by atoms with E-state index in [0.29, 0.717) is 0 Å². The first kappa shape index (κ1) is 12.7. The number of hydrogen-bond acceptors (Lipinski definition) is 3. The van der Waals surface area contributed by atoms with Crippen molar-refractivity contribution in [3.05, 3.63) is 45.0 Å². The maximum absolute atomic E-state index is 13.4. The van der Waals surface area contributed by atoms with Gasteiger partial charge < -0.3 is 10.2 Å². The van der Waals surface area contributed by atoms with Gasteiger partial charge in [-0.3, -0.25) is 0 Å². The molecule has 0 aliphatic heterocycles. The molecule has 0 spiro atoms. The van der Waals surface area contributed by atoms with Crippen LogP contribution in [0.1, 0.15) is 11.7 Å². The first-order chi connectivity index (χ1) is 7.57. The van der Waals surface area contributed by atoms with Gasteiger partial charge in [0.25, 0.3) is 0 Å². The highest BCUT2D eigenvalue weighted by Gasteiger charge is 2.21. The minimum absolute atomic E-state index is 0.131. The second-order valence-corrected chi connectivity index (χ2v) is 3.48. The monoisotopic (exact) mass is 245 g/mol. The Kier molecular flexibility index (Phi) is 4.52. The van der Waals surface area contributed by atoms with Gasteiger partial charge in [-0.25, -0.2) is 4.39 Å². The molecule has 7 heteroatoms. The van der Waals surface area contributed by atoms with Crippen molar-refractivity contribution in [3.63, 3.8) is 0 Å². The van der Waals surface area contributed by atoms with E-state index >= 15 is 0 Å². The van der Waals surface area contributed by atoms with Gasteiger partial charge in [0.15, 0.2) is 0 Å². The summed E-state index contributed by atoms with van der Waals surface area (Å²) in [6.07, 6.45) is -2.85. The predicted molar refractivity (Wildman–Crippen MR) is 56.4 cm³/mol. The molecular weight excluding hydrogens is 237 g/mol. The molecule has 0 saturated heterocycles. The fourth-order valence-corrected chi connectivity index (χ4v) is 1.36. The number of aliphatic hydroxyl groups excluding tert-OH is 2. The van der Waals surface area contributed by atoms with Crippen LogP contribution in [-0.2, 0) is 0 Å². The second-order valence-electron chi connectivity index (χ2n) is 3.07. The van der Waals surface area contributed by atoms with Gasteiger partial charge in [-0.15, -0.1) is 0 Å². The summed E-state index contributed by atoms with van der Waals surface area (Å²) >= 11 is 5.52. The van der Waals surface area contributed by atoms with Crippen molar-refractivity contribution in [3.8, 4) is 0 Å². The molecule has 2 atom stereocenters. The SMILES string of the molecule is [N-]=[N+]=NCC(O)C(O)c1cccc(Cl)c1F. The number of benzene rings is 1. The summed E-state index contributed by atoms with van der Waals surface area (Å²) in [6.45, 7) is -0.344. The molecule has 0 bridgehead atoms. The first-order valence-electron chi connectivity index (χ1n) is 4.38. The molecule has 2 unspecified atom stereocenters. The number of aliphatic hydroxyl groups is 2. The number of halogens is 2. The van der Waals surface area contributed by atoms with Crippen LogP contribution in [0.25, 0.3) is 10.4 Å². The van der Waals surface area contributed by atoms with Gasteiger partial charge in [-0.1, -0.05) is 28.8 Å². The number of azide groups is 1. The standard InChI is InChI=1S/C9H9ClFN3O2/c10-6-3-1-2-5(8(6)11)9(16)7(15)4-13-14-12/h1-3,7,9,15-16H,4H2. The lowest BCUT2D eigenvalue weighted by atomic mass is 10.0. The van der Waals surface area contributed by atoms with Crippen LogP contribution in [0.15, 0.2) is 23.3 Å². The van der Waals surface area contributed by atoms with Crippen molar-refractivity contribution in [2.24, 2.45) is 5.11 Å². The van der Waals surface area contributed by atoms with E-state index < -0.39 is 18.0 Å². The van der Waals surface area contributed by atoms with E-state index in [9.17, 15) is 14.6 Å². The van der Waals surface area contributed by atoms with Crippen molar-refractivity contribution in [2.75, 3.05) is 6.54 Å². The van der Waals surface area contributed by atoms with E-state index in [-0.39, 0.29) is 17.1 Å². The molecule has 0 saturated carbocycles. The lowest BCUT2D eigenvalue weighted by Crippen LogP contribution is -2.22. The quantitative estimate of drug-likeness (QED) is 0.484. The molecule has 0 heterocycles. The normalized spacial score (nSPS) is 14.0. The molecule has 0 fully saturated rings. The van der Waals surface area contributed by atoms with Crippen molar-refractivity contribution in [1.29, 1.82) is 0 Å². The van der Waals surface area contributed by atoms with Crippen LogP contribution in [0.3, 0.4) is 0 Å². The highest BCUT2D eigenvalue weighted by atomic mass is 35.5. The molecule has 1 aromatic carbocycles. The van der Waals surface area contributed by atoms with E-state index in [1.807, 2.05) is 0 Å². The van der Waals surface area contributed by atoms with Gasteiger partial charge in [0, 0.05) is 10.5 Å². The zero-order valence-corrected chi connectivity index (χ0v) is 8.84. The van der Waals surface area contributed by atoms with E-state index in [0.717, 1.165) is 0 Å². The molecule has 86 valence electrons. The molecule has 0 radical (unpaired) electrons. The van der Waals surface area contributed by atoms with Crippen LogP contribution in [0, 0.1) is 5.82 Å². The summed E-state index contributed by atoms with van der Waals surface area (Å²) in [7, 11) is 0. The third-order valence-electron chi connectivity index (χ3n) is 2.00. The Bertz CT molecular complexity index is 423. The molecular formula is C9H9ClFN3O2. The average Bonchev–Trinajstić information content (AvgIpc) is 2.28. The fraction of sp³-hybridized carbons (Fsp3) is 0.333. The molecule has 16 heavy (non-hydrogen) atoms. The smallest absolute Gasteiger partial charge is 0.147 e. The number of hydrogen-bond donors (Lipinski definition) is 2. The summed E-state index contributed by atoms with van der Waals surface area (Å²) in [4.78, 5) is 2.43. The van der Waals surface area contributed by atoms with Crippen molar-refractivity contribution >= 4 is 11.6 Å². The second kappa shape index (κ2) is 5.67. The summed E-state index contributed by atoms with van der Waals surface area (Å²) < 4.78 is 13.4. The summed E-state index contributed by atoms with van der Waals surface area (Å²) in [6, 6.07) is 4.07. The van der Waals surface area contributed by atoms with E-state index in [4.69, 9.17) is 17.1 Å². The fourth-order valence-electron chi connectivity index (χ4n) is 1.18.